The van der Waals surface area contributed by atoms with Crippen molar-refractivity contribution in [2.45, 2.75) is 74.8 Å². The predicted molar refractivity (Wildman–Crippen MR) is 164 cm³/mol. The fraction of sp³-hybridized carbons (Fsp3) is 0.438. The molecule has 19 nitrogen and oxygen atoms in total. The van der Waals surface area contributed by atoms with Crippen molar-refractivity contribution in [1.82, 2.24) is 0 Å². The lowest BCUT2D eigenvalue weighted by molar-refractivity contribution is -0.278. The van der Waals surface area contributed by atoms with Crippen molar-refractivity contribution in [3.05, 3.63) is 42.5 Å². The highest BCUT2D eigenvalue weighted by Crippen LogP contribution is 2.42. The molecule has 1 aromatic heterocycles. The van der Waals surface area contributed by atoms with Crippen LogP contribution in [0.2, 0.25) is 0 Å². The third kappa shape index (κ3) is 8.55. The van der Waals surface area contributed by atoms with Gasteiger partial charge in [0.25, 0.3) is 0 Å². The van der Waals surface area contributed by atoms with Gasteiger partial charge in [-0.25, -0.2) is 4.42 Å². The molecule has 0 spiro atoms. The van der Waals surface area contributed by atoms with Gasteiger partial charge >= 0.3 is 29.3 Å². The van der Waals surface area contributed by atoms with E-state index in [-0.39, 0.29) is 39.5 Å². The number of benzene rings is 2. The summed E-state index contributed by atoms with van der Waals surface area (Å²) in [5.74, 6) is -4.41. The molecule has 0 aliphatic carbocycles. The van der Waals surface area contributed by atoms with Crippen molar-refractivity contribution in [3.8, 4) is 34.3 Å². The Kier molecular flexibility index (Phi) is 11.4. The number of carboxylic acid groups (broad SMARTS) is 1. The van der Waals surface area contributed by atoms with E-state index in [1.165, 1.54) is 36.4 Å². The Morgan fingerprint density at radius 2 is 1.25 bits per heavy atom. The minimum atomic E-state index is -1.92. The quantitative estimate of drug-likeness (QED) is 0.0634. The second-order valence-electron chi connectivity index (χ2n) is 11.7. The second-order valence-corrected chi connectivity index (χ2v) is 11.7. The molecule has 0 amide bonds. The molecule has 19 heteroatoms. The highest BCUT2D eigenvalue weighted by atomic mass is 16.7. The predicted octanol–water partition coefficient (Wildman–Crippen LogP) is -1.25. The number of fused-ring (bicyclic) bond motifs is 1. The minimum Gasteiger partial charge on any atom is -0.508 e. The molecule has 3 aromatic rings. The summed E-state index contributed by atoms with van der Waals surface area (Å²) in [5, 5.41) is 92.6. The first-order valence-electron chi connectivity index (χ1n) is 15.3. The number of aliphatic carboxylic acids is 1. The Morgan fingerprint density at radius 1 is 0.706 bits per heavy atom. The van der Waals surface area contributed by atoms with E-state index in [9.17, 15) is 55.2 Å². The molecule has 2 aliphatic rings. The van der Waals surface area contributed by atoms with E-state index < -0.39 is 105 Å². The maximum absolute atomic E-state index is 11.8. The number of rotatable bonds is 11. The molecule has 0 saturated carbocycles. The summed E-state index contributed by atoms with van der Waals surface area (Å²) >= 11 is 0. The van der Waals surface area contributed by atoms with Crippen LogP contribution in [0.15, 0.2) is 46.9 Å². The number of ether oxygens (including phenoxy) is 6. The lowest BCUT2D eigenvalue weighted by Crippen LogP contribution is -2.60. The molecule has 3 heterocycles. The number of carboxylic acids is 1. The molecule has 51 heavy (non-hydrogen) atoms. The summed E-state index contributed by atoms with van der Waals surface area (Å²) in [6, 6.07) is 9.04. The van der Waals surface area contributed by atoms with Crippen molar-refractivity contribution < 1.29 is 93.2 Å². The van der Waals surface area contributed by atoms with E-state index >= 15 is 0 Å². The Bertz CT molecular complexity index is 1730. The van der Waals surface area contributed by atoms with Gasteiger partial charge in [-0.1, -0.05) is 0 Å². The third-order valence-electron chi connectivity index (χ3n) is 7.91. The maximum atomic E-state index is 11.8. The maximum Gasteiger partial charge on any atom is 0.402 e. The molecule has 2 aromatic carbocycles. The lowest BCUT2D eigenvalue weighted by Gasteiger charge is -2.40. The Labute approximate surface area is 286 Å². The number of hydrogen-bond acceptors (Lipinski definition) is 17. The van der Waals surface area contributed by atoms with Crippen LogP contribution in [0.1, 0.15) is 13.3 Å². The van der Waals surface area contributed by atoms with Gasteiger partial charge in [0.2, 0.25) is 18.3 Å². The molecular formula is C32H35O19+. The van der Waals surface area contributed by atoms with Crippen LogP contribution in [-0.2, 0) is 33.3 Å². The normalized spacial score (nSPS) is 29.2. The average Bonchev–Trinajstić information content (AvgIpc) is 3.07. The molecule has 10 unspecified atom stereocenters. The Hall–Kier alpha value is -4.86. The van der Waals surface area contributed by atoms with Crippen LogP contribution in [-0.4, -0.2) is 138 Å². The second kappa shape index (κ2) is 15.6. The molecule has 9 N–H and O–H groups in total. The summed E-state index contributed by atoms with van der Waals surface area (Å²) in [5.41, 5.74) is 0.212. The zero-order valence-corrected chi connectivity index (χ0v) is 26.5. The van der Waals surface area contributed by atoms with Crippen molar-refractivity contribution in [2.24, 2.45) is 0 Å². The van der Waals surface area contributed by atoms with Crippen molar-refractivity contribution in [3.63, 3.8) is 0 Å². The number of aliphatic hydroxyl groups excluding tert-OH is 6. The highest BCUT2D eigenvalue weighted by Gasteiger charge is 2.48. The van der Waals surface area contributed by atoms with Gasteiger partial charge in [0.1, 0.15) is 91.1 Å². The topological polar surface area (TPSA) is 300 Å². The molecule has 5 rings (SSSR count). The van der Waals surface area contributed by atoms with Crippen LogP contribution < -0.4 is 9.47 Å². The summed E-state index contributed by atoms with van der Waals surface area (Å²) in [6.45, 7) is -0.126. The zero-order chi connectivity index (χ0) is 37.1. The van der Waals surface area contributed by atoms with Crippen LogP contribution in [0.25, 0.3) is 22.3 Å². The van der Waals surface area contributed by atoms with E-state index in [2.05, 4.69) is 0 Å². The largest absolute Gasteiger partial charge is 0.508 e. The molecule has 2 aliphatic heterocycles. The smallest absolute Gasteiger partial charge is 0.402 e. The monoisotopic (exact) mass is 723 g/mol. The van der Waals surface area contributed by atoms with E-state index in [1.807, 2.05) is 0 Å². The summed E-state index contributed by atoms with van der Waals surface area (Å²) < 4.78 is 38.8. The number of carbonyl (C=O) groups is 3. The van der Waals surface area contributed by atoms with E-state index in [1.54, 1.807) is 0 Å². The number of aromatic hydroxyl groups is 2. The van der Waals surface area contributed by atoms with Crippen molar-refractivity contribution in [2.75, 3.05) is 13.2 Å². The number of aliphatic hydroxyl groups is 6. The molecule has 2 saturated heterocycles. The molecule has 10 atom stereocenters. The standard InChI is InChI=1S/C32H34O19/c1-12(33)45-10-20-24(39)26(41)28(43)31(50-20)48-18-7-15(35)6-17-16(18)8-19(30(47-17)13-2-4-14(34)5-3-13)49-32-29(44)27(42)25(40)21(51-32)11-46-23(38)9-22(36)37/h2-8,20-21,24-29,31-32,39-44H,9-11H2,1H3,(H2-,34,35,36,37)/p+1. The molecule has 2 fully saturated rings. The van der Waals surface area contributed by atoms with Crippen LogP contribution in [0.3, 0.4) is 0 Å². The van der Waals surface area contributed by atoms with E-state index in [0.29, 0.717) is 0 Å². The average molecular weight is 724 g/mol. The number of carbonyl (C=O) groups excluding carboxylic acids is 2. The summed E-state index contributed by atoms with van der Waals surface area (Å²) in [6.07, 6.45) is -18.3. The molecule has 276 valence electrons. The van der Waals surface area contributed by atoms with Crippen molar-refractivity contribution >= 4 is 28.9 Å². The van der Waals surface area contributed by atoms with Gasteiger partial charge < -0.3 is 74.4 Å². The Morgan fingerprint density at radius 3 is 1.80 bits per heavy atom. The highest BCUT2D eigenvalue weighted by molar-refractivity contribution is 5.90. The molecule has 0 radical (unpaired) electrons. The van der Waals surface area contributed by atoms with Gasteiger partial charge in [0, 0.05) is 19.1 Å². The first-order chi connectivity index (χ1) is 24.1. The van der Waals surface area contributed by atoms with Gasteiger partial charge in [0.15, 0.2) is 0 Å². The fourth-order valence-corrected chi connectivity index (χ4v) is 5.27. The van der Waals surface area contributed by atoms with Crippen molar-refractivity contribution in [1.29, 1.82) is 0 Å². The van der Waals surface area contributed by atoms with Crippen LogP contribution >= 0.6 is 0 Å². The van der Waals surface area contributed by atoms with Gasteiger partial charge in [-0.15, -0.1) is 0 Å². The summed E-state index contributed by atoms with van der Waals surface area (Å²) in [7, 11) is 0. The Balaban J connectivity index is 1.51. The molecule has 0 bridgehead atoms. The third-order valence-corrected chi connectivity index (χ3v) is 7.91. The first kappa shape index (κ1) is 37.4. The van der Waals surface area contributed by atoms with Crippen LogP contribution in [0, 0.1) is 0 Å². The van der Waals surface area contributed by atoms with Gasteiger partial charge in [0.05, 0.1) is 11.6 Å². The SMILES string of the molecule is CC(=O)OCC1OC(Oc2cc(O)cc3[o+]c(-c4ccc(O)cc4)c(OC4OC(COC(=O)CC(=O)O)C(O)C(O)C4O)cc23)C(O)C(O)C1O. The number of phenolic OH excluding ortho intramolecular Hbond substituents is 2. The fourth-order valence-electron chi connectivity index (χ4n) is 5.27. The van der Waals surface area contributed by atoms with Crippen LogP contribution in [0.5, 0.6) is 23.0 Å². The number of phenols is 2. The van der Waals surface area contributed by atoms with Gasteiger partial charge in [-0.2, -0.15) is 0 Å². The number of hydrogen-bond donors (Lipinski definition) is 9. The van der Waals surface area contributed by atoms with E-state index in [0.717, 1.165) is 13.0 Å². The first-order valence-corrected chi connectivity index (χ1v) is 15.3. The number of esters is 2. The zero-order valence-electron chi connectivity index (χ0n) is 26.5. The lowest BCUT2D eigenvalue weighted by atomic mass is 9.99. The van der Waals surface area contributed by atoms with Gasteiger partial charge in [-0.3, -0.25) is 14.4 Å². The summed E-state index contributed by atoms with van der Waals surface area (Å²) in [4.78, 5) is 33.9. The minimum absolute atomic E-state index is 0.0170. The van der Waals surface area contributed by atoms with Crippen LogP contribution in [0.4, 0.5) is 0 Å². The van der Waals surface area contributed by atoms with E-state index in [4.69, 9.17) is 37.9 Å². The molecular weight excluding hydrogens is 688 g/mol. The van der Waals surface area contributed by atoms with Gasteiger partial charge in [-0.05, 0) is 24.3 Å².